The third-order valence-corrected chi connectivity index (χ3v) is 8.70. The van der Waals surface area contributed by atoms with Crippen molar-refractivity contribution in [2.75, 3.05) is 13.2 Å². The number of thioether (sulfide) groups is 1. The quantitative estimate of drug-likeness (QED) is 0.212. The first kappa shape index (κ1) is 30.4. The van der Waals surface area contributed by atoms with Gasteiger partial charge in [-0.1, -0.05) is 30.3 Å². The van der Waals surface area contributed by atoms with Crippen LogP contribution in [0.4, 0.5) is 0 Å². The van der Waals surface area contributed by atoms with E-state index >= 15 is 0 Å². The maximum atomic E-state index is 12.0. The summed E-state index contributed by atoms with van der Waals surface area (Å²) < 4.78 is 0. The summed E-state index contributed by atoms with van der Waals surface area (Å²) in [7, 11) is 0. The molecular weight excluding hydrogens is 506 g/mol. The Kier molecular flexibility index (Phi) is 10.6. The third kappa shape index (κ3) is 7.71. The van der Waals surface area contributed by atoms with E-state index in [1.54, 1.807) is 19.9 Å². The highest BCUT2D eigenvalue weighted by atomic mass is 32.2. The van der Waals surface area contributed by atoms with E-state index in [-0.39, 0.29) is 24.9 Å². The molecule has 7 N–H and O–H groups in total. The number of benzene rings is 2. The maximum Gasteiger partial charge on any atom is 0.220 e. The third-order valence-electron chi connectivity index (χ3n) is 7.09. The highest BCUT2D eigenvalue weighted by molar-refractivity contribution is 8.00. The second-order valence-corrected chi connectivity index (χ2v) is 12.3. The standard InChI is InChI=1S/C29H41NO7S/c1-17-12-22(33)21(28-27(37)26(36)25(35)23(15-31)38-28)14-20(17)13-19-10-8-18(9-11-19)6-4-5-7-24(34)30-29(2,3)16-32/h8-12,14,23,25-28,31-33,35-37H,4-7,13,15-16H2,1-3H3,(H,30,34)/t23-,25-,26+,27-,28+/m1/s1. The number of aliphatic hydroxyl groups excluding tert-OH is 5. The van der Waals surface area contributed by atoms with Crippen molar-refractivity contribution in [3.8, 4) is 5.75 Å². The van der Waals surface area contributed by atoms with E-state index in [9.17, 15) is 35.4 Å². The van der Waals surface area contributed by atoms with Crippen LogP contribution in [0.2, 0.25) is 0 Å². The molecule has 0 saturated carbocycles. The second kappa shape index (κ2) is 13.3. The number of unbranched alkanes of at least 4 members (excludes halogenated alkanes) is 1. The fourth-order valence-electron chi connectivity index (χ4n) is 4.67. The van der Waals surface area contributed by atoms with Crippen LogP contribution < -0.4 is 5.32 Å². The van der Waals surface area contributed by atoms with Crippen LogP contribution in [0.1, 0.15) is 66.2 Å². The Bertz CT molecular complexity index is 1070. The minimum absolute atomic E-state index is 0.00651. The lowest BCUT2D eigenvalue weighted by Gasteiger charge is -2.40. The van der Waals surface area contributed by atoms with Gasteiger partial charge in [0, 0.05) is 12.0 Å². The summed E-state index contributed by atoms with van der Waals surface area (Å²) in [5, 5.41) is 62.0. The van der Waals surface area contributed by atoms with Gasteiger partial charge in [0.05, 0.1) is 41.5 Å². The summed E-state index contributed by atoms with van der Waals surface area (Å²) in [4.78, 5) is 12.0. The lowest BCUT2D eigenvalue weighted by Crippen LogP contribution is -2.51. The normalized spacial score (nSPS) is 23.8. The minimum atomic E-state index is -1.42. The number of rotatable bonds is 11. The van der Waals surface area contributed by atoms with Gasteiger partial charge < -0.3 is 36.0 Å². The maximum absolute atomic E-state index is 12.0. The van der Waals surface area contributed by atoms with Gasteiger partial charge in [0.2, 0.25) is 5.91 Å². The number of nitrogens with one attached hydrogen (secondary N) is 1. The zero-order valence-electron chi connectivity index (χ0n) is 22.3. The zero-order chi connectivity index (χ0) is 28.0. The molecular formula is C29H41NO7S. The Morgan fingerprint density at radius 2 is 1.63 bits per heavy atom. The summed E-state index contributed by atoms with van der Waals surface area (Å²) in [6.45, 7) is 5.02. The van der Waals surface area contributed by atoms with Gasteiger partial charge >= 0.3 is 0 Å². The average Bonchev–Trinajstić information content (AvgIpc) is 2.88. The van der Waals surface area contributed by atoms with Gasteiger partial charge in [-0.05, 0) is 74.8 Å². The van der Waals surface area contributed by atoms with Crippen molar-refractivity contribution in [1.82, 2.24) is 5.32 Å². The fourth-order valence-corrected chi connectivity index (χ4v) is 6.11. The molecule has 0 bridgehead atoms. The predicted molar refractivity (Wildman–Crippen MR) is 148 cm³/mol. The van der Waals surface area contributed by atoms with Crippen LogP contribution in [-0.4, -0.2) is 78.9 Å². The molecule has 210 valence electrons. The fraction of sp³-hybridized carbons (Fsp3) is 0.552. The Labute approximate surface area is 228 Å². The van der Waals surface area contributed by atoms with E-state index in [4.69, 9.17) is 0 Å². The van der Waals surface area contributed by atoms with Crippen LogP contribution in [0.25, 0.3) is 0 Å². The Morgan fingerprint density at radius 1 is 0.974 bits per heavy atom. The summed E-state index contributed by atoms with van der Waals surface area (Å²) >= 11 is 1.15. The van der Waals surface area contributed by atoms with Gasteiger partial charge in [-0.15, -0.1) is 11.8 Å². The molecule has 9 heteroatoms. The SMILES string of the molecule is Cc1cc(O)c([C@@H]2S[C@H](CO)[C@@H](O)[C@H](O)[C@H]2O)cc1Cc1ccc(CCCCC(=O)NC(C)(C)CO)cc1. The minimum Gasteiger partial charge on any atom is -0.508 e. The first-order valence-electron chi connectivity index (χ1n) is 13.1. The molecule has 0 radical (unpaired) electrons. The molecule has 1 heterocycles. The molecule has 1 aliphatic rings. The highest BCUT2D eigenvalue weighted by Gasteiger charge is 2.44. The first-order valence-corrected chi connectivity index (χ1v) is 14.0. The molecule has 5 atom stereocenters. The summed E-state index contributed by atoms with van der Waals surface area (Å²) in [6.07, 6.45) is -0.423. The number of aromatic hydroxyl groups is 1. The number of aliphatic hydroxyl groups is 5. The topological polar surface area (TPSA) is 150 Å². The second-order valence-electron chi connectivity index (χ2n) is 10.9. The number of hydrogen-bond donors (Lipinski definition) is 7. The van der Waals surface area contributed by atoms with E-state index in [1.165, 1.54) is 5.56 Å². The van der Waals surface area contributed by atoms with Crippen molar-refractivity contribution >= 4 is 17.7 Å². The largest absolute Gasteiger partial charge is 0.508 e. The Morgan fingerprint density at radius 3 is 2.26 bits per heavy atom. The van der Waals surface area contributed by atoms with E-state index in [2.05, 4.69) is 29.6 Å². The molecule has 1 saturated heterocycles. The molecule has 1 fully saturated rings. The van der Waals surface area contributed by atoms with E-state index in [1.807, 2.05) is 13.0 Å². The van der Waals surface area contributed by atoms with Crippen LogP contribution in [0.15, 0.2) is 36.4 Å². The van der Waals surface area contributed by atoms with Gasteiger partial charge in [-0.2, -0.15) is 0 Å². The summed E-state index contributed by atoms with van der Waals surface area (Å²) in [6, 6.07) is 11.8. The van der Waals surface area contributed by atoms with Crippen molar-refractivity contribution in [1.29, 1.82) is 0 Å². The number of amides is 1. The molecule has 0 spiro atoms. The van der Waals surface area contributed by atoms with Gasteiger partial charge in [-0.25, -0.2) is 0 Å². The number of aryl methyl sites for hydroxylation is 2. The molecule has 1 amide bonds. The molecule has 0 unspecified atom stereocenters. The monoisotopic (exact) mass is 547 g/mol. The van der Waals surface area contributed by atoms with Gasteiger partial charge in [0.25, 0.3) is 0 Å². The van der Waals surface area contributed by atoms with Crippen LogP contribution in [0.5, 0.6) is 5.75 Å². The number of carbonyl (C=O) groups excluding carboxylic acids is 1. The highest BCUT2D eigenvalue weighted by Crippen LogP contribution is 2.46. The van der Waals surface area contributed by atoms with Crippen molar-refractivity contribution < 1.29 is 35.4 Å². The van der Waals surface area contributed by atoms with E-state index in [0.717, 1.165) is 47.7 Å². The zero-order valence-corrected chi connectivity index (χ0v) is 23.1. The number of phenolic OH excluding ortho intramolecular Hbond substituents is 1. The number of hydrogen-bond acceptors (Lipinski definition) is 8. The Hall–Kier alpha value is -2.14. The number of carbonyl (C=O) groups is 1. The lowest BCUT2D eigenvalue weighted by molar-refractivity contribution is -0.123. The van der Waals surface area contributed by atoms with E-state index < -0.39 is 34.4 Å². The summed E-state index contributed by atoms with van der Waals surface area (Å²) in [5.74, 6) is -0.0493. The van der Waals surface area contributed by atoms with E-state index in [0.29, 0.717) is 18.4 Å². The Balaban J connectivity index is 1.61. The van der Waals surface area contributed by atoms with Crippen molar-refractivity contribution in [2.24, 2.45) is 0 Å². The van der Waals surface area contributed by atoms with Gasteiger partial charge in [0.15, 0.2) is 0 Å². The molecule has 0 aromatic heterocycles. The molecule has 2 aromatic carbocycles. The van der Waals surface area contributed by atoms with Gasteiger partial charge in [0.1, 0.15) is 11.9 Å². The first-order chi connectivity index (χ1) is 18.0. The molecule has 2 aromatic rings. The predicted octanol–water partition coefficient (Wildman–Crippen LogP) is 2.12. The van der Waals surface area contributed by atoms with Gasteiger partial charge in [-0.3, -0.25) is 4.79 Å². The van der Waals surface area contributed by atoms with Crippen molar-refractivity contribution in [2.45, 2.75) is 87.2 Å². The molecule has 3 rings (SSSR count). The van der Waals surface area contributed by atoms with Crippen LogP contribution >= 0.6 is 11.8 Å². The molecule has 0 aliphatic carbocycles. The molecule has 1 aliphatic heterocycles. The number of phenols is 1. The average molecular weight is 548 g/mol. The molecule has 38 heavy (non-hydrogen) atoms. The molecule has 8 nitrogen and oxygen atoms in total. The van der Waals surface area contributed by atoms with Crippen molar-refractivity contribution in [3.05, 3.63) is 64.2 Å². The summed E-state index contributed by atoms with van der Waals surface area (Å²) in [5.41, 5.74) is 3.99. The van der Waals surface area contributed by atoms with Crippen molar-refractivity contribution in [3.63, 3.8) is 0 Å². The van der Waals surface area contributed by atoms with Crippen LogP contribution in [0, 0.1) is 6.92 Å². The smallest absolute Gasteiger partial charge is 0.220 e. The lowest BCUT2D eigenvalue weighted by atomic mass is 9.92. The van der Waals surface area contributed by atoms with Crippen LogP contribution in [-0.2, 0) is 17.6 Å². The van der Waals surface area contributed by atoms with Crippen LogP contribution in [0.3, 0.4) is 0 Å².